The van der Waals surface area contributed by atoms with Gasteiger partial charge in [-0.25, -0.2) is 0 Å². The van der Waals surface area contributed by atoms with Gasteiger partial charge in [0.15, 0.2) is 5.75 Å². The second-order valence-corrected chi connectivity index (χ2v) is 2.05. The Kier molecular flexibility index (Phi) is 1.76. The van der Waals surface area contributed by atoms with Crippen LogP contribution in [-0.4, -0.2) is 12.3 Å². The van der Waals surface area contributed by atoms with Gasteiger partial charge in [0.25, 0.3) is 6.20 Å². The molecule has 0 amide bonds. The van der Waals surface area contributed by atoms with E-state index >= 15 is 0 Å². The molecule has 1 heterocycles. The molecule has 0 atom stereocenters. The molecule has 0 unspecified atom stereocenters. The first kappa shape index (κ1) is 6.86. The van der Waals surface area contributed by atoms with Crippen molar-refractivity contribution in [2.75, 3.05) is 7.11 Å². The number of hydrogen-bond donors (Lipinski definition) is 1. The number of rotatable bonds is 1. The fraction of sp³-hybridized carbons (Fsp3) is 0.286. The monoisotopic (exact) mass is 140 g/mol. The van der Waals surface area contributed by atoms with Crippen LogP contribution in [0.4, 0.5) is 0 Å². The van der Waals surface area contributed by atoms with Gasteiger partial charge in [-0.05, 0) is 6.07 Å². The molecule has 0 aliphatic rings. The zero-order valence-corrected chi connectivity index (χ0v) is 6.03. The summed E-state index contributed by atoms with van der Waals surface area (Å²) in [5, 5.41) is 9.07. The highest BCUT2D eigenvalue weighted by Crippen LogP contribution is 2.04. The van der Waals surface area contributed by atoms with E-state index in [1.807, 2.05) is 0 Å². The van der Waals surface area contributed by atoms with Crippen LogP contribution < -0.4 is 9.47 Å². The van der Waals surface area contributed by atoms with Gasteiger partial charge < -0.3 is 4.74 Å². The molecule has 0 aromatic carbocycles. The van der Waals surface area contributed by atoms with E-state index in [4.69, 9.17) is 9.94 Å². The Morgan fingerprint density at radius 2 is 2.20 bits per heavy atom. The first-order valence-electron chi connectivity index (χ1n) is 2.99. The number of ether oxygens (including phenoxy) is 1. The van der Waals surface area contributed by atoms with Gasteiger partial charge in [-0.3, -0.25) is 5.21 Å². The molecule has 1 aromatic heterocycles. The fourth-order valence-electron chi connectivity index (χ4n) is 0.665. The van der Waals surface area contributed by atoms with E-state index in [1.165, 1.54) is 6.20 Å². The standard InChI is InChI=1S/C7H10NO2/c1-6-3-4-7(10-2)5-8(6)9/h3-5,9H,1-2H3/q+1. The van der Waals surface area contributed by atoms with Gasteiger partial charge in [0, 0.05) is 17.7 Å². The molecule has 1 N–H and O–H groups in total. The average Bonchev–Trinajstić information content (AvgIpc) is 1.95. The Balaban J connectivity index is 3.04. The van der Waals surface area contributed by atoms with Gasteiger partial charge in [-0.1, -0.05) is 0 Å². The Morgan fingerprint density at radius 3 is 2.70 bits per heavy atom. The molecule has 0 aliphatic carbocycles. The molecule has 0 saturated heterocycles. The maximum atomic E-state index is 9.07. The van der Waals surface area contributed by atoms with Crippen molar-refractivity contribution in [2.24, 2.45) is 0 Å². The minimum Gasteiger partial charge on any atom is -0.491 e. The topological polar surface area (TPSA) is 33.3 Å². The highest BCUT2D eigenvalue weighted by Gasteiger charge is 2.04. The minimum atomic E-state index is 0.646. The molecule has 0 aliphatic heterocycles. The predicted molar refractivity (Wildman–Crippen MR) is 35.1 cm³/mol. The summed E-state index contributed by atoms with van der Waals surface area (Å²) < 4.78 is 5.90. The summed E-state index contributed by atoms with van der Waals surface area (Å²) in [6.45, 7) is 1.80. The summed E-state index contributed by atoms with van der Waals surface area (Å²) in [5.74, 6) is 0.646. The maximum Gasteiger partial charge on any atom is 0.264 e. The van der Waals surface area contributed by atoms with Crippen molar-refractivity contribution in [3.05, 3.63) is 24.0 Å². The summed E-state index contributed by atoms with van der Waals surface area (Å²) in [6, 6.07) is 3.57. The lowest BCUT2D eigenvalue weighted by molar-refractivity contribution is -0.908. The Labute approximate surface area is 59.5 Å². The normalized spacial score (nSPS) is 9.40. The second-order valence-electron chi connectivity index (χ2n) is 2.05. The van der Waals surface area contributed by atoms with Crippen molar-refractivity contribution in [1.82, 2.24) is 0 Å². The molecule has 1 rings (SSSR count). The van der Waals surface area contributed by atoms with Crippen LogP contribution >= 0.6 is 0 Å². The van der Waals surface area contributed by atoms with Gasteiger partial charge in [0.05, 0.1) is 7.11 Å². The summed E-state index contributed by atoms with van der Waals surface area (Å²) in [7, 11) is 1.56. The molecule has 54 valence electrons. The molecule has 3 nitrogen and oxygen atoms in total. The molecular weight excluding hydrogens is 130 g/mol. The van der Waals surface area contributed by atoms with Crippen molar-refractivity contribution in [2.45, 2.75) is 6.92 Å². The quantitative estimate of drug-likeness (QED) is 0.456. The first-order chi connectivity index (χ1) is 4.74. The zero-order chi connectivity index (χ0) is 7.56. The van der Waals surface area contributed by atoms with Crippen LogP contribution in [0.3, 0.4) is 0 Å². The van der Waals surface area contributed by atoms with E-state index in [0.717, 1.165) is 10.4 Å². The van der Waals surface area contributed by atoms with Crippen LogP contribution in [-0.2, 0) is 0 Å². The predicted octanol–water partition coefficient (Wildman–Crippen LogP) is 0.528. The van der Waals surface area contributed by atoms with E-state index in [0.29, 0.717) is 5.75 Å². The number of aryl methyl sites for hydroxylation is 1. The summed E-state index contributed by atoms with van der Waals surface area (Å²) >= 11 is 0. The number of nitrogens with zero attached hydrogens (tertiary/aromatic N) is 1. The molecule has 3 heteroatoms. The summed E-state index contributed by atoms with van der Waals surface area (Å²) in [6.07, 6.45) is 1.51. The second kappa shape index (κ2) is 2.56. The van der Waals surface area contributed by atoms with E-state index in [9.17, 15) is 0 Å². The molecule has 0 radical (unpaired) electrons. The molecule has 0 saturated carbocycles. The van der Waals surface area contributed by atoms with Crippen molar-refractivity contribution >= 4 is 0 Å². The third-order valence-corrected chi connectivity index (χ3v) is 1.34. The van der Waals surface area contributed by atoms with Crippen LogP contribution in [0.2, 0.25) is 0 Å². The lowest BCUT2D eigenvalue weighted by atomic mass is 10.4. The average molecular weight is 140 g/mol. The lowest BCUT2D eigenvalue weighted by Gasteiger charge is -1.94. The van der Waals surface area contributed by atoms with E-state index in [2.05, 4.69) is 0 Å². The largest absolute Gasteiger partial charge is 0.491 e. The van der Waals surface area contributed by atoms with Gasteiger partial charge in [0.2, 0.25) is 5.69 Å². The highest BCUT2D eigenvalue weighted by molar-refractivity contribution is 5.14. The van der Waals surface area contributed by atoms with Crippen molar-refractivity contribution in [1.29, 1.82) is 0 Å². The van der Waals surface area contributed by atoms with E-state index in [1.54, 1.807) is 26.2 Å². The summed E-state index contributed by atoms with van der Waals surface area (Å²) in [5.41, 5.74) is 0.779. The Morgan fingerprint density at radius 1 is 1.50 bits per heavy atom. The third-order valence-electron chi connectivity index (χ3n) is 1.34. The molecule has 0 bridgehead atoms. The number of pyridine rings is 1. The van der Waals surface area contributed by atoms with Crippen LogP contribution in [0.15, 0.2) is 18.3 Å². The van der Waals surface area contributed by atoms with Gasteiger partial charge in [0.1, 0.15) is 0 Å². The molecule has 0 spiro atoms. The van der Waals surface area contributed by atoms with Crippen LogP contribution in [0.1, 0.15) is 5.69 Å². The Hall–Kier alpha value is -1.25. The molecular formula is C7H10NO2+. The molecule has 1 aromatic rings. The molecule has 10 heavy (non-hydrogen) atoms. The van der Waals surface area contributed by atoms with Gasteiger partial charge in [-0.2, -0.15) is 0 Å². The van der Waals surface area contributed by atoms with Crippen LogP contribution in [0.25, 0.3) is 0 Å². The smallest absolute Gasteiger partial charge is 0.264 e. The first-order valence-corrected chi connectivity index (χ1v) is 2.99. The van der Waals surface area contributed by atoms with Crippen molar-refractivity contribution in [3.8, 4) is 5.75 Å². The summed E-state index contributed by atoms with van der Waals surface area (Å²) in [4.78, 5) is 0. The third kappa shape index (κ3) is 1.18. The minimum absolute atomic E-state index is 0.646. The maximum absolute atomic E-state index is 9.07. The van der Waals surface area contributed by atoms with Crippen LogP contribution in [0, 0.1) is 6.92 Å². The lowest BCUT2D eigenvalue weighted by Crippen LogP contribution is -2.32. The van der Waals surface area contributed by atoms with Crippen molar-refractivity contribution < 1.29 is 14.7 Å². The SMILES string of the molecule is COc1ccc(C)[n+](O)c1. The van der Waals surface area contributed by atoms with Crippen LogP contribution in [0.5, 0.6) is 5.75 Å². The highest BCUT2D eigenvalue weighted by atomic mass is 16.5. The number of hydrogen-bond acceptors (Lipinski definition) is 2. The Bertz CT molecular complexity index is 235. The molecule has 0 fully saturated rings. The van der Waals surface area contributed by atoms with E-state index < -0.39 is 0 Å². The fourth-order valence-corrected chi connectivity index (χ4v) is 0.665. The number of aromatic nitrogens is 1. The van der Waals surface area contributed by atoms with Gasteiger partial charge >= 0.3 is 0 Å². The number of methoxy groups -OCH3 is 1. The van der Waals surface area contributed by atoms with E-state index in [-0.39, 0.29) is 0 Å². The van der Waals surface area contributed by atoms with Gasteiger partial charge in [-0.15, -0.1) is 0 Å². The zero-order valence-electron chi connectivity index (χ0n) is 6.03. The van der Waals surface area contributed by atoms with Crippen molar-refractivity contribution in [3.63, 3.8) is 0 Å².